The molecule has 0 radical (unpaired) electrons. The number of carbonyl (C=O) groups excluding carboxylic acids is 1. The Morgan fingerprint density at radius 2 is 2.14 bits per heavy atom. The minimum Gasteiger partial charge on any atom is -0.444 e. The van der Waals surface area contributed by atoms with Crippen LogP contribution in [0.2, 0.25) is 0 Å². The highest BCUT2D eigenvalue weighted by molar-refractivity contribution is 5.70. The van der Waals surface area contributed by atoms with Crippen LogP contribution in [-0.2, 0) is 9.47 Å². The first kappa shape index (κ1) is 9.77. The van der Waals surface area contributed by atoms with Crippen LogP contribution in [0.3, 0.4) is 0 Å². The molecular weight excluding hydrogens is 182 g/mol. The Bertz CT molecular complexity index is 244. The van der Waals surface area contributed by atoms with Crippen LogP contribution in [0.15, 0.2) is 0 Å². The number of carbonyl (C=O) groups is 1. The van der Waals surface area contributed by atoms with E-state index in [1.165, 1.54) is 0 Å². The zero-order valence-corrected chi connectivity index (χ0v) is 8.82. The van der Waals surface area contributed by atoms with Crippen LogP contribution in [0, 0.1) is 5.92 Å². The lowest BCUT2D eigenvalue weighted by atomic mass is 9.86. The molecule has 1 amide bonds. The predicted octanol–water partition coefficient (Wildman–Crippen LogP) is 1.30. The quantitative estimate of drug-likeness (QED) is 0.692. The third kappa shape index (κ3) is 1.38. The van der Waals surface area contributed by atoms with Gasteiger partial charge in [0.15, 0.2) is 0 Å². The first-order chi connectivity index (χ1) is 6.63. The van der Waals surface area contributed by atoms with Crippen molar-refractivity contribution < 1.29 is 14.3 Å². The third-order valence-electron chi connectivity index (χ3n) is 3.28. The van der Waals surface area contributed by atoms with Gasteiger partial charge in [-0.25, -0.2) is 4.79 Å². The normalized spacial score (nSPS) is 46.8. The fourth-order valence-electron chi connectivity index (χ4n) is 2.43. The van der Waals surface area contributed by atoms with E-state index in [-0.39, 0.29) is 36.4 Å². The molecule has 2 rings (SSSR count). The predicted molar refractivity (Wildman–Crippen MR) is 51.0 cm³/mol. The molecule has 4 nitrogen and oxygen atoms in total. The van der Waals surface area contributed by atoms with Gasteiger partial charge in [-0.15, -0.1) is 0 Å². The average Bonchev–Trinajstić information content (AvgIpc) is 2.54. The highest BCUT2D eigenvalue weighted by Crippen LogP contribution is 2.32. The summed E-state index contributed by atoms with van der Waals surface area (Å²) in [5, 5.41) is 2.79. The van der Waals surface area contributed by atoms with E-state index >= 15 is 0 Å². The summed E-state index contributed by atoms with van der Waals surface area (Å²) in [6, 6.07) is 0.0281. The van der Waals surface area contributed by atoms with Crippen LogP contribution in [0.5, 0.6) is 0 Å². The van der Waals surface area contributed by atoms with Crippen molar-refractivity contribution in [2.45, 2.75) is 51.5 Å². The van der Waals surface area contributed by atoms with Crippen LogP contribution < -0.4 is 5.32 Å². The van der Waals surface area contributed by atoms with Crippen molar-refractivity contribution in [3.8, 4) is 0 Å². The molecule has 80 valence electrons. The maximum Gasteiger partial charge on any atom is 0.407 e. The summed E-state index contributed by atoms with van der Waals surface area (Å²) in [6.07, 6.45) is 0.897. The Kier molecular flexibility index (Phi) is 2.39. The molecule has 0 aromatic rings. The van der Waals surface area contributed by atoms with Crippen molar-refractivity contribution in [1.82, 2.24) is 5.32 Å². The summed E-state index contributed by atoms with van der Waals surface area (Å²) in [7, 11) is 0. The van der Waals surface area contributed by atoms with Crippen LogP contribution in [0.1, 0.15) is 27.2 Å². The summed E-state index contributed by atoms with van der Waals surface area (Å²) in [6.45, 7) is 6.16. The summed E-state index contributed by atoms with van der Waals surface area (Å²) in [4.78, 5) is 11.1. The number of ether oxygens (including phenoxy) is 2. The Balaban J connectivity index is 2.15. The Morgan fingerprint density at radius 1 is 1.43 bits per heavy atom. The van der Waals surface area contributed by atoms with Crippen molar-refractivity contribution in [1.29, 1.82) is 0 Å². The molecule has 2 saturated heterocycles. The second-order valence-electron chi connectivity index (χ2n) is 4.19. The van der Waals surface area contributed by atoms with E-state index in [2.05, 4.69) is 19.2 Å². The molecule has 2 fully saturated rings. The lowest BCUT2D eigenvalue weighted by molar-refractivity contribution is -0.123. The van der Waals surface area contributed by atoms with Crippen molar-refractivity contribution in [3.05, 3.63) is 0 Å². The van der Waals surface area contributed by atoms with E-state index in [0.717, 1.165) is 6.42 Å². The Hall–Kier alpha value is -0.770. The molecule has 0 saturated carbocycles. The topological polar surface area (TPSA) is 47.6 Å². The fraction of sp³-hybridized carbons (Fsp3) is 0.900. The molecule has 0 aromatic heterocycles. The summed E-state index contributed by atoms with van der Waals surface area (Å²) in [5.74, 6) is 0.278. The largest absolute Gasteiger partial charge is 0.444 e. The maximum absolute atomic E-state index is 11.1. The highest BCUT2D eigenvalue weighted by atomic mass is 16.6. The van der Waals surface area contributed by atoms with E-state index in [1.807, 2.05) is 6.92 Å². The first-order valence-electron chi connectivity index (χ1n) is 5.26. The molecule has 5 atom stereocenters. The number of hydrogen-bond donors (Lipinski definition) is 1. The van der Waals surface area contributed by atoms with Gasteiger partial charge in [0.05, 0.1) is 18.2 Å². The van der Waals surface area contributed by atoms with Crippen molar-refractivity contribution >= 4 is 6.09 Å². The monoisotopic (exact) mass is 199 g/mol. The molecule has 2 heterocycles. The average molecular weight is 199 g/mol. The van der Waals surface area contributed by atoms with Crippen molar-refractivity contribution in [3.63, 3.8) is 0 Å². The van der Waals surface area contributed by atoms with E-state index in [9.17, 15) is 4.79 Å². The van der Waals surface area contributed by atoms with E-state index < -0.39 is 0 Å². The van der Waals surface area contributed by atoms with Gasteiger partial charge in [-0.3, -0.25) is 0 Å². The highest BCUT2D eigenvalue weighted by Gasteiger charge is 2.48. The maximum atomic E-state index is 11.1. The third-order valence-corrected chi connectivity index (χ3v) is 3.28. The molecule has 0 bridgehead atoms. The first-order valence-corrected chi connectivity index (χ1v) is 5.26. The minimum atomic E-state index is -0.306. The lowest BCUT2D eigenvalue weighted by Crippen LogP contribution is -2.54. The zero-order valence-electron chi connectivity index (χ0n) is 8.82. The van der Waals surface area contributed by atoms with Crippen LogP contribution in [-0.4, -0.2) is 30.4 Å². The van der Waals surface area contributed by atoms with E-state index in [0.29, 0.717) is 0 Å². The number of rotatable bonds is 1. The molecule has 3 unspecified atom stereocenters. The van der Waals surface area contributed by atoms with Gasteiger partial charge in [-0.2, -0.15) is 0 Å². The number of amides is 1. The number of nitrogens with one attached hydrogen (secondary N) is 1. The van der Waals surface area contributed by atoms with Gasteiger partial charge >= 0.3 is 6.09 Å². The molecule has 0 spiro atoms. The second kappa shape index (κ2) is 3.42. The number of alkyl carbamates (subject to hydrolysis) is 1. The van der Waals surface area contributed by atoms with Crippen LogP contribution in [0.25, 0.3) is 0 Å². The minimum absolute atomic E-state index is 0.0174. The summed E-state index contributed by atoms with van der Waals surface area (Å²) < 4.78 is 11.1. The molecular formula is C10H17NO3. The molecule has 2 aliphatic rings. The van der Waals surface area contributed by atoms with Crippen molar-refractivity contribution in [2.75, 3.05) is 0 Å². The molecule has 0 aliphatic carbocycles. The Labute approximate surface area is 84.0 Å². The standard InChI is InChI=1S/C10H17NO3/c1-4-7-5(2)9-8(6(3)13-7)11-10(12)14-9/h5-9H,4H2,1-3H3,(H,11,12)/t5-,6?,7?,8?,9-/m0/s1. The van der Waals surface area contributed by atoms with Gasteiger partial charge in [0.1, 0.15) is 6.10 Å². The van der Waals surface area contributed by atoms with Gasteiger partial charge in [0.2, 0.25) is 0 Å². The molecule has 1 N–H and O–H groups in total. The molecule has 0 aromatic carbocycles. The van der Waals surface area contributed by atoms with Gasteiger partial charge < -0.3 is 14.8 Å². The SMILES string of the molecule is CCC1OC(C)C2NC(=O)O[C@H]2[C@H]1C. The lowest BCUT2D eigenvalue weighted by Gasteiger charge is -2.39. The Morgan fingerprint density at radius 3 is 2.79 bits per heavy atom. The number of hydrogen-bond acceptors (Lipinski definition) is 3. The zero-order chi connectivity index (χ0) is 10.3. The summed E-state index contributed by atoms with van der Waals surface area (Å²) in [5.41, 5.74) is 0. The molecule has 2 aliphatic heterocycles. The van der Waals surface area contributed by atoms with E-state index in [1.54, 1.807) is 0 Å². The fourth-order valence-corrected chi connectivity index (χ4v) is 2.43. The van der Waals surface area contributed by atoms with Gasteiger partial charge in [0, 0.05) is 5.92 Å². The van der Waals surface area contributed by atoms with E-state index in [4.69, 9.17) is 9.47 Å². The van der Waals surface area contributed by atoms with Crippen LogP contribution >= 0.6 is 0 Å². The number of fused-ring (bicyclic) bond motifs is 1. The van der Waals surface area contributed by atoms with Crippen molar-refractivity contribution in [2.24, 2.45) is 5.92 Å². The molecule has 14 heavy (non-hydrogen) atoms. The second-order valence-corrected chi connectivity index (χ2v) is 4.19. The molecule has 4 heteroatoms. The smallest absolute Gasteiger partial charge is 0.407 e. The van der Waals surface area contributed by atoms with Crippen LogP contribution in [0.4, 0.5) is 4.79 Å². The van der Waals surface area contributed by atoms with Gasteiger partial charge in [-0.1, -0.05) is 13.8 Å². The summed E-state index contributed by atoms with van der Waals surface area (Å²) >= 11 is 0. The van der Waals surface area contributed by atoms with Gasteiger partial charge in [-0.05, 0) is 13.3 Å². The van der Waals surface area contributed by atoms with Gasteiger partial charge in [0.25, 0.3) is 0 Å².